The van der Waals surface area contributed by atoms with E-state index in [1.165, 1.54) is 0 Å². The standard InChI is InChI=1S/C14H21NO4/c1-3-8-15-9-10-18-14(16)11-19-13-7-5-4-6-12(13)17-2/h4-7,15H,3,8-11H2,1-2H3. The third-order valence-electron chi connectivity index (χ3n) is 2.38. The van der Waals surface area contributed by atoms with Crippen molar-refractivity contribution in [2.75, 3.05) is 33.4 Å². The van der Waals surface area contributed by atoms with Gasteiger partial charge in [-0.3, -0.25) is 0 Å². The van der Waals surface area contributed by atoms with E-state index in [1.54, 1.807) is 19.2 Å². The molecule has 0 spiro atoms. The third kappa shape index (κ3) is 6.10. The van der Waals surface area contributed by atoms with E-state index in [0.717, 1.165) is 13.0 Å². The number of ether oxygens (including phenoxy) is 3. The second-order valence-electron chi connectivity index (χ2n) is 3.91. The second kappa shape index (κ2) is 9.22. The van der Waals surface area contributed by atoms with Crippen LogP contribution in [0.25, 0.3) is 0 Å². The van der Waals surface area contributed by atoms with E-state index in [1.807, 2.05) is 12.1 Å². The van der Waals surface area contributed by atoms with Gasteiger partial charge in [0.2, 0.25) is 0 Å². The molecular formula is C14H21NO4. The Hall–Kier alpha value is -1.75. The van der Waals surface area contributed by atoms with Crippen molar-refractivity contribution in [3.63, 3.8) is 0 Å². The molecular weight excluding hydrogens is 246 g/mol. The van der Waals surface area contributed by atoms with E-state index in [2.05, 4.69) is 12.2 Å². The highest BCUT2D eigenvalue weighted by Crippen LogP contribution is 2.25. The van der Waals surface area contributed by atoms with Crippen LogP contribution in [-0.4, -0.2) is 39.4 Å². The number of carbonyl (C=O) groups is 1. The van der Waals surface area contributed by atoms with E-state index >= 15 is 0 Å². The average molecular weight is 267 g/mol. The molecule has 0 aliphatic carbocycles. The summed E-state index contributed by atoms with van der Waals surface area (Å²) in [5.74, 6) is 0.746. The van der Waals surface area contributed by atoms with Gasteiger partial charge >= 0.3 is 5.97 Å². The molecule has 19 heavy (non-hydrogen) atoms. The number of carbonyl (C=O) groups excluding carboxylic acids is 1. The predicted octanol–water partition coefficient (Wildman–Crippen LogP) is 1.62. The first-order chi connectivity index (χ1) is 9.27. The van der Waals surface area contributed by atoms with Gasteiger partial charge in [-0.2, -0.15) is 0 Å². The van der Waals surface area contributed by atoms with Gasteiger partial charge in [-0.25, -0.2) is 4.79 Å². The first-order valence-electron chi connectivity index (χ1n) is 6.40. The molecule has 1 aromatic carbocycles. The fourth-order valence-corrected chi connectivity index (χ4v) is 1.46. The summed E-state index contributed by atoms with van der Waals surface area (Å²) in [7, 11) is 1.56. The summed E-state index contributed by atoms with van der Waals surface area (Å²) in [6.45, 7) is 3.91. The Kier molecular flexibility index (Phi) is 7.43. The smallest absolute Gasteiger partial charge is 0.344 e. The number of benzene rings is 1. The lowest BCUT2D eigenvalue weighted by Crippen LogP contribution is -2.24. The summed E-state index contributed by atoms with van der Waals surface area (Å²) in [4.78, 5) is 11.4. The number of hydrogen-bond donors (Lipinski definition) is 1. The van der Waals surface area contributed by atoms with E-state index in [4.69, 9.17) is 14.2 Å². The van der Waals surface area contributed by atoms with Crippen LogP contribution in [0, 0.1) is 0 Å². The number of methoxy groups -OCH3 is 1. The molecule has 0 fully saturated rings. The fourth-order valence-electron chi connectivity index (χ4n) is 1.46. The van der Waals surface area contributed by atoms with Gasteiger partial charge < -0.3 is 19.5 Å². The van der Waals surface area contributed by atoms with Gasteiger partial charge in [-0.05, 0) is 25.1 Å². The van der Waals surface area contributed by atoms with Gasteiger partial charge in [0.1, 0.15) is 6.61 Å². The normalized spacial score (nSPS) is 10.0. The Balaban J connectivity index is 2.22. The highest BCUT2D eigenvalue weighted by molar-refractivity contribution is 5.71. The summed E-state index contributed by atoms with van der Waals surface area (Å²) in [5, 5.41) is 3.14. The molecule has 0 radical (unpaired) electrons. The average Bonchev–Trinajstić information content (AvgIpc) is 2.45. The lowest BCUT2D eigenvalue weighted by Gasteiger charge is -2.10. The molecule has 0 saturated heterocycles. The van der Waals surface area contributed by atoms with Crippen molar-refractivity contribution >= 4 is 5.97 Å². The monoisotopic (exact) mass is 267 g/mol. The Morgan fingerprint density at radius 3 is 2.63 bits per heavy atom. The lowest BCUT2D eigenvalue weighted by molar-refractivity contribution is -0.145. The topological polar surface area (TPSA) is 56.8 Å². The molecule has 106 valence electrons. The van der Waals surface area contributed by atoms with Crippen LogP contribution >= 0.6 is 0 Å². The van der Waals surface area contributed by atoms with E-state index in [-0.39, 0.29) is 12.6 Å². The maximum Gasteiger partial charge on any atom is 0.344 e. The van der Waals surface area contributed by atoms with Gasteiger partial charge in [0, 0.05) is 6.54 Å². The van der Waals surface area contributed by atoms with Crippen LogP contribution in [0.1, 0.15) is 13.3 Å². The lowest BCUT2D eigenvalue weighted by atomic mass is 10.3. The second-order valence-corrected chi connectivity index (χ2v) is 3.91. The van der Waals surface area contributed by atoms with Gasteiger partial charge in [0.15, 0.2) is 18.1 Å². The van der Waals surface area contributed by atoms with Crippen LogP contribution < -0.4 is 14.8 Å². The third-order valence-corrected chi connectivity index (χ3v) is 2.38. The molecule has 0 heterocycles. The molecule has 1 aromatic rings. The Morgan fingerprint density at radius 2 is 1.95 bits per heavy atom. The van der Waals surface area contributed by atoms with Crippen LogP contribution in [0.2, 0.25) is 0 Å². The van der Waals surface area contributed by atoms with Crippen molar-refractivity contribution in [2.24, 2.45) is 0 Å². The number of esters is 1. The minimum absolute atomic E-state index is 0.117. The molecule has 0 unspecified atom stereocenters. The summed E-state index contributed by atoms with van der Waals surface area (Å²) < 4.78 is 15.5. The molecule has 0 atom stereocenters. The molecule has 0 amide bonds. The maximum atomic E-state index is 11.4. The van der Waals surface area contributed by atoms with Crippen molar-refractivity contribution in [1.82, 2.24) is 5.32 Å². The van der Waals surface area contributed by atoms with Crippen LogP contribution in [0.3, 0.4) is 0 Å². The first kappa shape index (κ1) is 15.3. The summed E-state index contributed by atoms with van der Waals surface area (Å²) in [6, 6.07) is 7.17. The van der Waals surface area contributed by atoms with Gasteiger partial charge in [0.25, 0.3) is 0 Å². The van der Waals surface area contributed by atoms with Gasteiger partial charge in [-0.1, -0.05) is 19.1 Å². The summed E-state index contributed by atoms with van der Waals surface area (Å²) >= 11 is 0. The van der Waals surface area contributed by atoms with E-state index < -0.39 is 0 Å². The molecule has 0 aliphatic heterocycles. The van der Waals surface area contributed by atoms with Gasteiger partial charge in [0.05, 0.1) is 7.11 Å². The number of rotatable bonds is 9. The minimum Gasteiger partial charge on any atom is -0.493 e. The van der Waals surface area contributed by atoms with Crippen LogP contribution in [-0.2, 0) is 9.53 Å². The Labute approximate surface area is 113 Å². The molecule has 5 heteroatoms. The van der Waals surface area contributed by atoms with Crippen molar-refractivity contribution in [1.29, 1.82) is 0 Å². The number of para-hydroxylation sites is 2. The number of nitrogens with one attached hydrogen (secondary N) is 1. The summed E-state index contributed by atoms with van der Waals surface area (Å²) in [6.07, 6.45) is 1.06. The van der Waals surface area contributed by atoms with Crippen LogP contribution in [0.5, 0.6) is 11.5 Å². The maximum absolute atomic E-state index is 11.4. The van der Waals surface area contributed by atoms with Crippen LogP contribution in [0.15, 0.2) is 24.3 Å². The first-order valence-corrected chi connectivity index (χ1v) is 6.40. The zero-order valence-electron chi connectivity index (χ0n) is 11.5. The minimum atomic E-state index is -0.385. The molecule has 0 saturated carbocycles. The molecule has 0 bridgehead atoms. The molecule has 1 N–H and O–H groups in total. The SMILES string of the molecule is CCCNCCOC(=O)COc1ccccc1OC. The molecule has 1 rings (SSSR count). The zero-order valence-corrected chi connectivity index (χ0v) is 11.5. The zero-order chi connectivity index (χ0) is 13.9. The van der Waals surface area contributed by atoms with Crippen molar-refractivity contribution in [3.8, 4) is 11.5 Å². The van der Waals surface area contributed by atoms with E-state index in [0.29, 0.717) is 24.7 Å². The largest absolute Gasteiger partial charge is 0.493 e. The molecule has 0 aliphatic rings. The number of hydrogen-bond acceptors (Lipinski definition) is 5. The van der Waals surface area contributed by atoms with E-state index in [9.17, 15) is 4.79 Å². The molecule has 0 aromatic heterocycles. The highest BCUT2D eigenvalue weighted by Gasteiger charge is 2.07. The van der Waals surface area contributed by atoms with Crippen molar-refractivity contribution in [3.05, 3.63) is 24.3 Å². The quantitative estimate of drug-likeness (QED) is 0.544. The Morgan fingerprint density at radius 1 is 1.21 bits per heavy atom. The van der Waals surface area contributed by atoms with Crippen LogP contribution in [0.4, 0.5) is 0 Å². The van der Waals surface area contributed by atoms with Crippen molar-refractivity contribution in [2.45, 2.75) is 13.3 Å². The summed E-state index contributed by atoms with van der Waals surface area (Å²) in [5.41, 5.74) is 0. The molecule has 5 nitrogen and oxygen atoms in total. The fraction of sp³-hybridized carbons (Fsp3) is 0.500. The predicted molar refractivity (Wildman–Crippen MR) is 72.6 cm³/mol. The Bertz CT molecular complexity index is 381. The van der Waals surface area contributed by atoms with Crippen molar-refractivity contribution < 1.29 is 19.0 Å². The highest BCUT2D eigenvalue weighted by atomic mass is 16.6. The van der Waals surface area contributed by atoms with Gasteiger partial charge in [-0.15, -0.1) is 0 Å².